The van der Waals surface area contributed by atoms with Crippen molar-refractivity contribution in [3.8, 4) is 0 Å². The Morgan fingerprint density at radius 1 is 1.50 bits per heavy atom. The van der Waals surface area contributed by atoms with Gasteiger partial charge in [0.2, 0.25) is 0 Å². The lowest BCUT2D eigenvalue weighted by atomic mass is 9.87. The second-order valence-corrected chi connectivity index (χ2v) is 4.03. The molecule has 1 aromatic heterocycles. The van der Waals surface area contributed by atoms with Crippen LogP contribution in [0.25, 0.3) is 0 Å². The maximum Gasteiger partial charge on any atom is 0.136 e. The van der Waals surface area contributed by atoms with Gasteiger partial charge in [0.1, 0.15) is 18.5 Å². The van der Waals surface area contributed by atoms with Crippen LogP contribution in [0.1, 0.15) is 25.1 Å². The third-order valence-corrected chi connectivity index (χ3v) is 2.46. The molecule has 1 saturated heterocycles. The first-order valence-electron chi connectivity index (χ1n) is 4.72. The fourth-order valence-electron chi connectivity index (χ4n) is 1.83. The lowest BCUT2D eigenvalue weighted by molar-refractivity contribution is 0.0261. The number of nitrogens with one attached hydrogen (secondary N) is 1. The molecule has 0 aliphatic carbocycles. The molecular weight excluding hydrogens is 180 g/mol. The van der Waals surface area contributed by atoms with Crippen LogP contribution in [0.2, 0.25) is 0 Å². The SMILES string of the molecule is CC1(O)CNCC(c2ncncn2)C1. The van der Waals surface area contributed by atoms with Crippen LogP contribution in [-0.4, -0.2) is 38.7 Å². The van der Waals surface area contributed by atoms with E-state index in [0.29, 0.717) is 13.0 Å². The van der Waals surface area contributed by atoms with Crippen molar-refractivity contribution in [3.05, 3.63) is 18.5 Å². The Bertz CT molecular complexity index is 301. The second-order valence-electron chi connectivity index (χ2n) is 4.03. The van der Waals surface area contributed by atoms with Gasteiger partial charge in [-0.25, -0.2) is 15.0 Å². The highest BCUT2D eigenvalue weighted by Crippen LogP contribution is 2.25. The summed E-state index contributed by atoms with van der Waals surface area (Å²) in [6, 6.07) is 0. The number of aromatic nitrogens is 3. The average molecular weight is 194 g/mol. The molecule has 1 aromatic rings. The van der Waals surface area contributed by atoms with Crippen molar-refractivity contribution in [1.29, 1.82) is 0 Å². The Hall–Kier alpha value is -1.07. The van der Waals surface area contributed by atoms with Crippen LogP contribution in [0.5, 0.6) is 0 Å². The first kappa shape index (κ1) is 9.48. The maximum atomic E-state index is 9.87. The normalized spacial score (nSPS) is 32.9. The highest BCUT2D eigenvalue weighted by molar-refractivity contribution is 5.01. The van der Waals surface area contributed by atoms with Gasteiger partial charge in [-0.15, -0.1) is 0 Å². The summed E-state index contributed by atoms with van der Waals surface area (Å²) in [6.07, 6.45) is 3.68. The molecule has 1 aliphatic rings. The monoisotopic (exact) mass is 194 g/mol. The summed E-state index contributed by atoms with van der Waals surface area (Å²) in [5, 5.41) is 13.0. The minimum absolute atomic E-state index is 0.182. The summed E-state index contributed by atoms with van der Waals surface area (Å²) in [5.41, 5.74) is -0.657. The van der Waals surface area contributed by atoms with Crippen LogP contribution in [0, 0.1) is 0 Å². The Balaban J connectivity index is 2.12. The highest BCUT2D eigenvalue weighted by atomic mass is 16.3. The molecule has 0 bridgehead atoms. The van der Waals surface area contributed by atoms with Crippen molar-refractivity contribution >= 4 is 0 Å². The Morgan fingerprint density at radius 2 is 2.21 bits per heavy atom. The van der Waals surface area contributed by atoms with Crippen LogP contribution in [0.4, 0.5) is 0 Å². The molecule has 2 atom stereocenters. The van der Waals surface area contributed by atoms with E-state index in [4.69, 9.17) is 0 Å². The van der Waals surface area contributed by atoms with E-state index in [1.54, 1.807) is 0 Å². The third kappa shape index (κ3) is 2.05. The quantitative estimate of drug-likeness (QED) is 0.642. The number of piperidine rings is 1. The van der Waals surface area contributed by atoms with Crippen LogP contribution < -0.4 is 5.32 Å². The molecule has 0 aromatic carbocycles. The lowest BCUT2D eigenvalue weighted by Crippen LogP contribution is -2.46. The smallest absolute Gasteiger partial charge is 0.136 e. The summed E-state index contributed by atoms with van der Waals surface area (Å²) in [6.45, 7) is 3.28. The Labute approximate surface area is 82.6 Å². The molecule has 2 unspecified atom stereocenters. The number of aliphatic hydroxyl groups is 1. The van der Waals surface area contributed by atoms with Gasteiger partial charge in [-0.3, -0.25) is 0 Å². The Morgan fingerprint density at radius 3 is 2.86 bits per heavy atom. The summed E-state index contributed by atoms with van der Waals surface area (Å²) >= 11 is 0. The van der Waals surface area contributed by atoms with Gasteiger partial charge in [0.15, 0.2) is 0 Å². The van der Waals surface area contributed by atoms with Crippen LogP contribution in [0.3, 0.4) is 0 Å². The molecule has 1 aliphatic heterocycles. The zero-order valence-corrected chi connectivity index (χ0v) is 8.14. The zero-order valence-electron chi connectivity index (χ0n) is 8.14. The van der Waals surface area contributed by atoms with E-state index < -0.39 is 5.60 Å². The van der Waals surface area contributed by atoms with Crippen LogP contribution in [0.15, 0.2) is 12.7 Å². The minimum atomic E-state index is -0.657. The molecule has 2 N–H and O–H groups in total. The van der Waals surface area contributed by atoms with Crippen molar-refractivity contribution in [3.63, 3.8) is 0 Å². The largest absolute Gasteiger partial charge is 0.389 e. The molecule has 0 radical (unpaired) electrons. The predicted molar refractivity (Wildman–Crippen MR) is 50.7 cm³/mol. The van der Waals surface area contributed by atoms with Gasteiger partial charge in [-0.05, 0) is 13.3 Å². The van der Waals surface area contributed by atoms with Crippen molar-refractivity contribution in [1.82, 2.24) is 20.3 Å². The maximum absolute atomic E-state index is 9.87. The van der Waals surface area contributed by atoms with Gasteiger partial charge in [-0.1, -0.05) is 0 Å². The second kappa shape index (κ2) is 3.59. The van der Waals surface area contributed by atoms with E-state index in [2.05, 4.69) is 20.3 Å². The first-order chi connectivity index (χ1) is 6.67. The van der Waals surface area contributed by atoms with E-state index >= 15 is 0 Å². The molecule has 14 heavy (non-hydrogen) atoms. The van der Waals surface area contributed by atoms with E-state index in [0.717, 1.165) is 12.4 Å². The summed E-state index contributed by atoms with van der Waals surface area (Å²) in [7, 11) is 0. The molecular formula is C9H14N4O. The Kier molecular flexibility index (Phi) is 2.43. The number of hydrogen-bond acceptors (Lipinski definition) is 5. The number of nitrogens with zero attached hydrogens (tertiary/aromatic N) is 3. The summed E-state index contributed by atoms with van der Waals surface area (Å²) in [5.74, 6) is 0.939. The van der Waals surface area contributed by atoms with Crippen molar-refractivity contribution in [2.24, 2.45) is 0 Å². The molecule has 5 heteroatoms. The molecule has 1 fully saturated rings. The fraction of sp³-hybridized carbons (Fsp3) is 0.667. The molecule has 0 amide bonds. The first-order valence-corrected chi connectivity index (χ1v) is 4.72. The standard InChI is InChI=1S/C9H14N4O/c1-9(14)2-7(3-10-4-9)8-12-5-11-6-13-8/h5-7,10,14H,2-4H2,1H3. The van der Waals surface area contributed by atoms with E-state index in [-0.39, 0.29) is 5.92 Å². The van der Waals surface area contributed by atoms with E-state index in [1.807, 2.05) is 6.92 Å². The summed E-state index contributed by atoms with van der Waals surface area (Å²) < 4.78 is 0. The molecule has 76 valence electrons. The van der Waals surface area contributed by atoms with Gasteiger partial charge in [0.25, 0.3) is 0 Å². The van der Waals surface area contributed by atoms with Gasteiger partial charge in [0.05, 0.1) is 5.60 Å². The highest BCUT2D eigenvalue weighted by Gasteiger charge is 2.31. The molecule has 2 rings (SSSR count). The fourth-order valence-corrected chi connectivity index (χ4v) is 1.83. The summed E-state index contributed by atoms with van der Waals surface area (Å²) in [4.78, 5) is 12.0. The number of β-amino-alcohol motifs (C(OH)–C–C–N with tert-alkyl or cyclic N) is 1. The molecule has 0 saturated carbocycles. The van der Waals surface area contributed by atoms with Gasteiger partial charge < -0.3 is 10.4 Å². The topological polar surface area (TPSA) is 70.9 Å². The van der Waals surface area contributed by atoms with E-state index in [9.17, 15) is 5.11 Å². The van der Waals surface area contributed by atoms with Crippen LogP contribution >= 0.6 is 0 Å². The van der Waals surface area contributed by atoms with Crippen molar-refractivity contribution < 1.29 is 5.11 Å². The third-order valence-electron chi connectivity index (χ3n) is 2.46. The van der Waals surface area contributed by atoms with Gasteiger partial charge in [-0.2, -0.15) is 0 Å². The molecule has 5 nitrogen and oxygen atoms in total. The van der Waals surface area contributed by atoms with E-state index in [1.165, 1.54) is 12.7 Å². The minimum Gasteiger partial charge on any atom is -0.389 e. The number of rotatable bonds is 1. The average Bonchev–Trinajstić information content (AvgIpc) is 2.18. The van der Waals surface area contributed by atoms with Crippen molar-refractivity contribution in [2.45, 2.75) is 24.9 Å². The van der Waals surface area contributed by atoms with Crippen LogP contribution in [-0.2, 0) is 0 Å². The van der Waals surface area contributed by atoms with Crippen molar-refractivity contribution in [2.75, 3.05) is 13.1 Å². The lowest BCUT2D eigenvalue weighted by Gasteiger charge is -2.33. The predicted octanol–water partition coefficient (Wildman–Crippen LogP) is -0.301. The number of hydrogen-bond donors (Lipinski definition) is 2. The molecule has 0 spiro atoms. The van der Waals surface area contributed by atoms with Gasteiger partial charge >= 0.3 is 0 Å². The molecule has 2 heterocycles. The zero-order chi connectivity index (χ0) is 10.0. The van der Waals surface area contributed by atoms with Gasteiger partial charge in [0, 0.05) is 19.0 Å².